The van der Waals surface area contributed by atoms with Gasteiger partial charge in [-0.2, -0.15) is 0 Å². The van der Waals surface area contributed by atoms with Crippen molar-refractivity contribution in [1.29, 1.82) is 0 Å². The van der Waals surface area contributed by atoms with E-state index in [2.05, 4.69) is 23.6 Å². The molecule has 0 aliphatic heterocycles. The first-order chi connectivity index (χ1) is 15.5. The van der Waals surface area contributed by atoms with Gasteiger partial charge in [0.05, 0.1) is 22.0 Å². The molecule has 4 aromatic rings. The highest BCUT2D eigenvalue weighted by molar-refractivity contribution is 7.80. The number of nitrogens with zero attached hydrogens (tertiary/aromatic N) is 1. The highest BCUT2D eigenvalue weighted by Gasteiger charge is 2.14. The Morgan fingerprint density at radius 1 is 1.09 bits per heavy atom. The maximum absolute atomic E-state index is 12.7. The Bertz CT molecular complexity index is 1240. The summed E-state index contributed by atoms with van der Waals surface area (Å²) in [5.41, 5.74) is 3.15. The highest BCUT2D eigenvalue weighted by Crippen LogP contribution is 2.34. The minimum Gasteiger partial charge on any atom is -0.491 e. The second-order valence-electron chi connectivity index (χ2n) is 7.31. The second-order valence-corrected chi connectivity index (χ2v) is 8.74. The molecular weight excluding hydrogens is 438 g/mol. The van der Waals surface area contributed by atoms with E-state index in [1.54, 1.807) is 29.5 Å². The summed E-state index contributed by atoms with van der Waals surface area (Å²) in [6, 6.07) is 22.9. The van der Waals surface area contributed by atoms with Crippen molar-refractivity contribution in [2.24, 2.45) is 0 Å². The number of benzene rings is 3. The van der Waals surface area contributed by atoms with Crippen LogP contribution in [0, 0.1) is 0 Å². The topological polar surface area (TPSA) is 63.2 Å². The van der Waals surface area contributed by atoms with Gasteiger partial charge in [0.1, 0.15) is 10.8 Å². The van der Waals surface area contributed by atoms with Crippen LogP contribution in [-0.2, 0) is 0 Å². The number of nitrogens with one attached hydrogen (secondary N) is 2. The lowest BCUT2D eigenvalue weighted by atomic mass is 10.2. The summed E-state index contributed by atoms with van der Waals surface area (Å²) in [7, 11) is 0. The minimum atomic E-state index is -0.297. The normalized spacial score (nSPS) is 11.7. The van der Waals surface area contributed by atoms with Gasteiger partial charge in [-0.15, -0.1) is 11.3 Å². The van der Waals surface area contributed by atoms with Gasteiger partial charge in [-0.1, -0.05) is 37.3 Å². The molecule has 162 valence electrons. The molecule has 3 aromatic carbocycles. The number of carbonyl (C=O) groups excluding carboxylic acids is 1. The highest BCUT2D eigenvalue weighted by atomic mass is 32.1. The Balaban J connectivity index is 1.48. The number of hydrogen-bond acceptors (Lipinski definition) is 5. The van der Waals surface area contributed by atoms with E-state index >= 15 is 0 Å². The third-order valence-corrected chi connectivity index (χ3v) is 6.21. The lowest BCUT2D eigenvalue weighted by molar-refractivity contribution is 0.0977. The number of thiocarbonyl (C=S) groups is 1. The maximum Gasteiger partial charge on any atom is 0.257 e. The summed E-state index contributed by atoms with van der Waals surface area (Å²) in [6.07, 6.45) is 0.966. The van der Waals surface area contributed by atoms with Crippen LogP contribution >= 0.6 is 23.6 Å². The molecule has 2 N–H and O–H groups in total. The fourth-order valence-electron chi connectivity index (χ4n) is 3.12. The average molecular weight is 462 g/mol. The van der Waals surface area contributed by atoms with Crippen LogP contribution in [0.2, 0.25) is 0 Å². The van der Waals surface area contributed by atoms with Crippen LogP contribution in [0.4, 0.5) is 5.69 Å². The van der Waals surface area contributed by atoms with Gasteiger partial charge in [-0.3, -0.25) is 10.1 Å². The van der Waals surface area contributed by atoms with Crippen LogP contribution in [-0.4, -0.2) is 22.1 Å². The fraction of sp³-hybridized carbons (Fsp3) is 0.160. The zero-order chi connectivity index (χ0) is 22.5. The molecule has 5 nitrogen and oxygen atoms in total. The predicted octanol–water partition coefficient (Wildman–Crippen LogP) is 6.27. The van der Waals surface area contributed by atoms with Crippen LogP contribution in [0.5, 0.6) is 5.75 Å². The molecule has 0 unspecified atom stereocenters. The molecule has 0 radical (unpaired) electrons. The number of aromatic nitrogens is 1. The van der Waals surface area contributed by atoms with E-state index in [1.165, 1.54) is 0 Å². The maximum atomic E-state index is 12.7. The molecule has 0 saturated heterocycles. The van der Waals surface area contributed by atoms with Crippen LogP contribution in [0.25, 0.3) is 20.8 Å². The molecule has 1 aromatic heterocycles. The number of rotatable bonds is 6. The lowest BCUT2D eigenvalue weighted by Gasteiger charge is -2.14. The first-order valence-corrected chi connectivity index (χ1v) is 11.6. The van der Waals surface area contributed by atoms with E-state index in [9.17, 15) is 4.79 Å². The monoisotopic (exact) mass is 461 g/mol. The van der Waals surface area contributed by atoms with E-state index in [-0.39, 0.29) is 17.1 Å². The Morgan fingerprint density at radius 2 is 1.88 bits per heavy atom. The molecule has 0 fully saturated rings. The summed E-state index contributed by atoms with van der Waals surface area (Å²) in [5, 5.41) is 7.00. The van der Waals surface area contributed by atoms with Gasteiger partial charge in [-0.05, 0) is 68.0 Å². The van der Waals surface area contributed by atoms with Gasteiger partial charge in [0.2, 0.25) is 0 Å². The molecule has 0 saturated carbocycles. The number of hydrogen-bond donors (Lipinski definition) is 2. The third-order valence-electron chi connectivity index (χ3n) is 4.94. The number of carbonyl (C=O) groups is 1. The second kappa shape index (κ2) is 9.89. The summed E-state index contributed by atoms with van der Waals surface area (Å²) in [4.78, 5) is 17.5. The molecule has 0 aliphatic rings. The van der Waals surface area contributed by atoms with Gasteiger partial charge >= 0.3 is 0 Å². The molecule has 1 atom stereocenters. The molecule has 1 heterocycles. The SMILES string of the molecule is CC[C@H](C)Oc1cccc(C(=O)NC(=S)Nc2ccccc2-c2nc3ccccc3s2)c1. The van der Waals surface area contributed by atoms with Crippen molar-refractivity contribution in [3.05, 3.63) is 78.4 Å². The molecule has 0 bridgehead atoms. The molecule has 32 heavy (non-hydrogen) atoms. The quantitative estimate of drug-likeness (QED) is 0.332. The van der Waals surface area contributed by atoms with E-state index < -0.39 is 0 Å². The summed E-state index contributed by atoms with van der Waals surface area (Å²) in [5.74, 6) is 0.363. The minimum absolute atomic E-state index is 0.0788. The average Bonchev–Trinajstić information content (AvgIpc) is 3.23. The predicted molar refractivity (Wildman–Crippen MR) is 136 cm³/mol. The summed E-state index contributed by atoms with van der Waals surface area (Å²) in [6.45, 7) is 4.05. The van der Waals surface area contributed by atoms with Crippen molar-refractivity contribution in [1.82, 2.24) is 10.3 Å². The standard InChI is InChI=1S/C25H23N3O2S2/c1-3-16(2)30-18-10-8-9-17(15-18)23(29)28-25(31)27-20-12-5-4-11-19(20)24-26-21-13-6-7-14-22(21)32-24/h4-16H,3H2,1-2H3,(H2,27,28,29,31)/t16-/m0/s1. The molecule has 0 spiro atoms. The van der Waals surface area contributed by atoms with E-state index in [0.29, 0.717) is 11.3 Å². The molecule has 4 rings (SSSR count). The van der Waals surface area contributed by atoms with E-state index in [0.717, 1.165) is 32.9 Å². The number of para-hydroxylation sites is 2. The van der Waals surface area contributed by atoms with Crippen molar-refractivity contribution < 1.29 is 9.53 Å². The third kappa shape index (κ3) is 5.12. The molecule has 1 amide bonds. The smallest absolute Gasteiger partial charge is 0.257 e. The van der Waals surface area contributed by atoms with Crippen LogP contribution < -0.4 is 15.4 Å². The van der Waals surface area contributed by atoms with Crippen molar-refractivity contribution in [3.8, 4) is 16.3 Å². The van der Waals surface area contributed by atoms with Crippen LogP contribution in [0.15, 0.2) is 72.8 Å². The molecule has 7 heteroatoms. The first kappa shape index (κ1) is 21.9. The van der Waals surface area contributed by atoms with Crippen molar-refractivity contribution in [2.45, 2.75) is 26.4 Å². The number of thiazole rings is 1. The van der Waals surface area contributed by atoms with Gasteiger partial charge in [0.25, 0.3) is 5.91 Å². The zero-order valence-electron chi connectivity index (χ0n) is 17.8. The van der Waals surface area contributed by atoms with Gasteiger partial charge < -0.3 is 10.1 Å². The Kier molecular flexibility index (Phi) is 6.78. The van der Waals surface area contributed by atoms with Crippen molar-refractivity contribution in [3.63, 3.8) is 0 Å². The lowest BCUT2D eigenvalue weighted by Crippen LogP contribution is -2.34. The molecule has 0 aliphatic carbocycles. The fourth-order valence-corrected chi connectivity index (χ4v) is 4.33. The number of ether oxygens (including phenoxy) is 1. The first-order valence-electron chi connectivity index (χ1n) is 10.4. The van der Waals surface area contributed by atoms with Crippen molar-refractivity contribution >= 4 is 50.5 Å². The Hall–Kier alpha value is -3.29. The van der Waals surface area contributed by atoms with Gasteiger partial charge in [0.15, 0.2) is 5.11 Å². The number of anilines is 1. The van der Waals surface area contributed by atoms with Crippen molar-refractivity contribution in [2.75, 3.05) is 5.32 Å². The Labute approximate surface area is 196 Å². The largest absolute Gasteiger partial charge is 0.491 e. The zero-order valence-corrected chi connectivity index (χ0v) is 19.4. The number of amides is 1. The van der Waals surface area contributed by atoms with Crippen LogP contribution in [0.3, 0.4) is 0 Å². The van der Waals surface area contributed by atoms with E-state index in [1.807, 2.05) is 55.5 Å². The van der Waals surface area contributed by atoms with Gasteiger partial charge in [0, 0.05) is 11.1 Å². The summed E-state index contributed by atoms with van der Waals surface area (Å²) < 4.78 is 6.93. The number of fused-ring (bicyclic) bond motifs is 1. The van der Waals surface area contributed by atoms with E-state index in [4.69, 9.17) is 21.9 Å². The molecular formula is C25H23N3O2S2. The van der Waals surface area contributed by atoms with Crippen LogP contribution in [0.1, 0.15) is 30.6 Å². The van der Waals surface area contributed by atoms with Gasteiger partial charge in [-0.25, -0.2) is 4.98 Å². The Morgan fingerprint density at radius 3 is 2.69 bits per heavy atom. The summed E-state index contributed by atoms with van der Waals surface area (Å²) >= 11 is 7.03.